The van der Waals surface area contributed by atoms with Crippen molar-refractivity contribution in [2.75, 3.05) is 7.11 Å². The molecule has 1 N–H and O–H groups in total. The van der Waals surface area contributed by atoms with Gasteiger partial charge in [-0.15, -0.1) is 5.10 Å². The number of benzene rings is 2. The fraction of sp³-hybridized carbons (Fsp3) is 0.190. The Kier molecular flexibility index (Phi) is 7.86. The molecule has 0 saturated heterocycles. The van der Waals surface area contributed by atoms with Gasteiger partial charge in [0.1, 0.15) is 24.6 Å². The third-order valence-electron chi connectivity index (χ3n) is 4.58. The minimum Gasteiger partial charge on any atom is -0.488 e. The Labute approximate surface area is 198 Å². The maximum absolute atomic E-state index is 12.4. The van der Waals surface area contributed by atoms with E-state index in [2.05, 4.69) is 15.6 Å². The van der Waals surface area contributed by atoms with Crippen LogP contribution in [0.15, 0.2) is 53.8 Å². The summed E-state index contributed by atoms with van der Waals surface area (Å²) in [5.41, 5.74) is 3.30. The Morgan fingerprint density at radius 3 is 2.61 bits per heavy atom. The molecule has 0 saturated carbocycles. The highest BCUT2D eigenvalue weighted by Crippen LogP contribution is 2.27. The lowest BCUT2D eigenvalue weighted by Crippen LogP contribution is -2.27. The van der Waals surface area contributed by atoms with Crippen LogP contribution in [0, 0.1) is 10.1 Å². The largest absolute Gasteiger partial charge is 0.488 e. The maximum Gasteiger partial charge on any atom is 0.350 e. The molecule has 1 heterocycles. The van der Waals surface area contributed by atoms with E-state index in [4.69, 9.17) is 32.7 Å². The number of carbonyl (C=O) groups excluding carboxylic acids is 1. The van der Waals surface area contributed by atoms with Crippen LogP contribution >= 0.6 is 23.2 Å². The van der Waals surface area contributed by atoms with Crippen LogP contribution in [-0.2, 0) is 11.4 Å². The van der Waals surface area contributed by atoms with Gasteiger partial charge in [-0.25, -0.2) is 10.1 Å². The highest BCUT2D eigenvalue weighted by atomic mass is 35.5. The van der Waals surface area contributed by atoms with Gasteiger partial charge in [0, 0.05) is 21.2 Å². The summed E-state index contributed by atoms with van der Waals surface area (Å²) < 4.78 is 11.8. The van der Waals surface area contributed by atoms with Crippen molar-refractivity contribution in [1.82, 2.24) is 15.2 Å². The van der Waals surface area contributed by atoms with Gasteiger partial charge in [-0.1, -0.05) is 41.4 Å². The second kappa shape index (κ2) is 10.8. The highest BCUT2D eigenvalue weighted by Gasteiger charge is 2.25. The molecule has 0 radical (unpaired) electrons. The van der Waals surface area contributed by atoms with Crippen molar-refractivity contribution in [2.45, 2.75) is 19.6 Å². The number of nitro groups is 1. The number of hydrogen-bond donors (Lipinski definition) is 1. The maximum atomic E-state index is 12.4. The molecule has 1 unspecified atom stereocenters. The predicted octanol–water partition coefficient (Wildman–Crippen LogP) is 4.40. The number of hydrazone groups is 1. The first-order valence-corrected chi connectivity index (χ1v) is 10.3. The Hall–Kier alpha value is -3.63. The lowest BCUT2D eigenvalue weighted by Gasteiger charge is -2.12. The summed E-state index contributed by atoms with van der Waals surface area (Å²) in [5, 5.41) is 19.9. The van der Waals surface area contributed by atoms with Gasteiger partial charge < -0.3 is 9.47 Å². The molecule has 1 aromatic heterocycles. The molecule has 33 heavy (non-hydrogen) atoms. The van der Waals surface area contributed by atoms with Crippen LogP contribution < -0.4 is 14.9 Å². The van der Waals surface area contributed by atoms with Gasteiger partial charge in [0.05, 0.1) is 18.2 Å². The fourth-order valence-corrected chi connectivity index (χ4v) is 3.26. The van der Waals surface area contributed by atoms with E-state index >= 15 is 0 Å². The molecule has 1 atom stereocenters. The molecule has 12 heteroatoms. The summed E-state index contributed by atoms with van der Waals surface area (Å²) >= 11 is 12.4. The molecule has 2 aromatic carbocycles. The molecule has 0 aliphatic rings. The molecular weight excluding hydrogens is 473 g/mol. The Bertz CT molecular complexity index is 1180. The van der Waals surface area contributed by atoms with Crippen molar-refractivity contribution < 1.29 is 19.2 Å². The summed E-state index contributed by atoms with van der Waals surface area (Å²) in [7, 11) is 1.26. The van der Waals surface area contributed by atoms with E-state index in [0.717, 1.165) is 10.9 Å². The second-order valence-corrected chi connectivity index (χ2v) is 7.51. The van der Waals surface area contributed by atoms with Crippen LogP contribution in [0.5, 0.6) is 11.6 Å². The fourth-order valence-electron chi connectivity index (χ4n) is 2.75. The normalized spacial score (nSPS) is 11.9. The zero-order chi connectivity index (χ0) is 24.0. The number of hydrogen-bond acceptors (Lipinski definition) is 7. The number of halogens is 2. The minimum absolute atomic E-state index is 0.146. The van der Waals surface area contributed by atoms with Crippen LogP contribution in [0.1, 0.15) is 24.1 Å². The molecule has 0 bridgehead atoms. The number of nitrogens with zero attached hydrogens (tertiary/aromatic N) is 4. The topological polar surface area (TPSA) is 121 Å². The van der Waals surface area contributed by atoms with E-state index in [1.807, 2.05) is 0 Å². The Morgan fingerprint density at radius 1 is 1.27 bits per heavy atom. The van der Waals surface area contributed by atoms with Crippen LogP contribution in [0.4, 0.5) is 5.69 Å². The van der Waals surface area contributed by atoms with E-state index in [1.54, 1.807) is 42.5 Å². The van der Waals surface area contributed by atoms with Crippen LogP contribution in [-0.4, -0.2) is 33.9 Å². The smallest absolute Gasteiger partial charge is 0.350 e. The third-order valence-corrected chi connectivity index (χ3v) is 5.29. The molecular formula is C21H19Cl2N5O5. The van der Waals surface area contributed by atoms with Crippen LogP contribution in [0.25, 0.3) is 0 Å². The number of carbonyl (C=O) groups is 1. The Balaban J connectivity index is 1.67. The Morgan fingerprint density at radius 2 is 1.97 bits per heavy atom. The summed E-state index contributed by atoms with van der Waals surface area (Å²) in [6.07, 6.45) is 2.54. The minimum atomic E-state index is -0.876. The third kappa shape index (κ3) is 5.79. The number of methoxy groups -OCH3 is 1. The van der Waals surface area contributed by atoms with Gasteiger partial charge in [0.25, 0.3) is 5.91 Å². The lowest BCUT2D eigenvalue weighted by atomic mass is 10.2. The molecule has 0 aliphatic heterocycles. The molecule has 0 fully saturated rings. The van der Waals surface area contributed by atoms with Crippen molar-refractivity contribution in [2.24, 2.45) is 5.10 Å². The zero-order valence-corrected chi connectivity index (χ0v) is 19.1. The van der Waals surface area contributed by atoms with Gasteiger partial charge in [-0.05, 0) is 31.2 Å². The van der Waals surface area contributed by atoms with Crippen molar-refractivity contribution in [1.29, 1.82) is 0 Å². The van der Waals surface area contributed by atoms with Crippen molar-refractivity contribution in [3.63, 3.8) is 0 Å². The number of ether oxygens (including phenoxy) is 2. The number of amides is 1. The van der Waals surface area contributed by atoms with E-state index < -0.39 is 16.9 Å². The lowest BCUT2D eigenvalue weighted by molar-refractivity contribution is -0.385. The van der Waals surface area contributed by atoms with Crippen molar-refractivity contribution in [3.8, 4) is 11.6 Å². The van der Waals surface area contributed by atoms with Gasteiger partial charge in [0.15, 0.2) is 0 Å². The summed E-state index contributed by atoms with van der Waals surface area (Å²) in [5.74, 6) is -0.215. The van der Waals surface area contributed by atoms with E-state index in [0.29, 0.717) is 26.9 Å². The van der Waals surface area contributed by atoms with Gasteiger partial charge >= 0.3 is 11.6 Å². The van der Waals surface area contributed by atoms with Crippen LogP contribution in [0.3, 0.4) is 0 Å². The number of aromatic nitrogens is 2. The zero-order valence-electron chi connectivity index (χ0n) is 17.6. The second-order valence-electron chi connectivity index (χ2n) is 6.70. The average Bonchev–Trinajstić information content (AvgIpc) is 3.24. The van der Waals surface area contributed by atoms with E-state index in [-0.39, 0.29) is 18.2 Å². The first kappa shape index (κ1) is 24.0. The molecule has 10 nitrogen and oxygen atoms in total. The summed E-state index contributed by atoms with van der Waals surface area (Å²) in [6, 6.07) is 11.4. The summed E-state index contributed by atoms with van der Waals surface area (Å²) in [6.45, 7) is 1.66. The van der Waals surface area contributed by atoms with Gasteiger partial charge in [-0.3, -0.25) is 14.9 Å². The monoisotopic (exact) mass is 491 g/mol. The van der Waals surface area contributed by atoms with Gasteiger partial charge in [0.2, 0.25) is 0 Å². The molecule has 0 aliphatic carbocycles. The van der Waals surface area contributed by atoms with Crippen LogP contribution in [0.2, 0.25) is 10.0 Å². The summed E-state index contributed by atoms with van der Waals surface area (Å²) in [4.78, 5) is 22.8. The SMILES string of the molecule is COc1nn(C(C)C(=O)NN=Cc2ccccc2OCc2c(Cl)cccc2Cl)cc1[N+](=O)[O-]. The molecule has 1 amide bonds. The standard InChI is InChI=1S/C21H19Cl2N5O5/c1-13(27-11-18(28(30)31)21(26-27)32-2)20(29)25-24-10-14-6-3-4-9-19(14)33-12-15-16(22)7-5-8-17(15)23/h3-11,13H,12H2,1-2H3,(H,25,29). The van der Waals surface area contributed by atoms with E-state index in [9.17, 15) is 14.9 Å². The number of nitrogens with one attached hydrogen (secondary N) is 1. The van der Waals surface area contributed by atoms with Gasteiger partial charge in [-0.2, -0.15) is 5.10 Å². The highest BCUT2D eigenvalue weighted by molar-refractivity contribution is 6.35. The number of para-hydroxylation sites is 1. The van der Waals surface area contributed by atoms with Crippen molar-refractivity contribution >= 4 is 41.0 Å². The quantitative estimate of drug-likeness (QED) is 0.269. The van der Waals surface area contributed by atoms with E-state index in [1.165, 1.54) is 20.2 Å². The first-order valence-electron chi connectivity index (χ1n) is 9.57. The predicted molar refractivity (Wildman–Crippen MR) is 123 cm³/mol. The molecule has 3 aromatic rings. The molecule has 3 rings (SSSR count). The average molecular weight is 492 g/mol. The number of rotatable bonds is 9. The molecule has 172 valence electrons. The first-order chi connectivity index (χ1) is 15.8. The molecule has 0 spiro atoms. The van der Waals surface area contributed by atoms with Crippen molar-refractivity contribution in [3.05, 3.63) is 79.9 Å².